The van der Waals surface area contributed by atoms with E-state index in [4.69, 9.17) is 9.47 Å². The third kappa shape index (κ3) is 6.81. The number of rotatable bonds is 10. The Kier molecular flexibility index (Phi) is 9.56. The number of methoxy groups -OCH3 is 2. The molecule has 0 radical (unpaired) electrons. The molecule has 4 heteroatoms. The van der Waals surface area contributed by atoms with E-state index >= 15 is 0 Å². The predicted octanol–water partition coefficient (Wildman–Crippen LogP) is 13.6. The fourth-order valence-electron chi connectivity index (χ4n) is 8.72. The van der Waals surface area contributed by atoms with Crippen molar-refractivity contribution in [2.24, 2.45) is 0 Å². The molecular formula is C52H48N2O2. The molecule has 0 bridgehead atoms. The van der Waals surface area contributed by atoms with Crippen molar-refractivity contribution in [2.45, 2.75) is 52.4 Å². The topological polar surface area (TPSA) is 24.9 Å². The molecule has 0 amide bonds. The Labute approximate surface area is 331 Å². The van der Waals surface area contributed by atoms with Crippen LogP contribution in [-0.4, -0.2) is 14.2 Å². The van der Waals surface area contributed by atoms with Gasteiger partial charge in [-0.15, -0.1) is 0 Å². The van der Waals surface area contributed by atoms with Gasteiger partial charge in [-0.2, -0.15) is 0 Å². The molecule has 0 fully saturated rings. The maximum atomic E-state index is 5.55. The summed E-state index contributed by atoms with van der Waals surface area (Å²) in [4.78, 5) is 4.76. The first-order valence-corrected chi connectivity index (χ1v) is 19.9. The van der Waals surface area contributed by atoms with Gasteiger partial charge in [0.05, 0.1) is 14.2 Å². The summed E-state index contributed by atoms with van der Waals surface area (Å²) >= 11 is 0. The van der Waals surface area contributed by atoms with E-state index in [2.05, 4.69) is 169 Å². The van der Waals surface area contributed by atoms with Crippen LogP contribution in [0.25, 0.3) is 22.3 Å². The summed E-state index contributed by atoms with van der Waals surface area (Å²) in [7, 11) is 3.45. The highest BCUT2D eigenvalue weighted by atomic mass is 16.5. The number of hydrogen-bond donors (Lipinski definition) is 0. The summed E-state index contributed by atoms with van der Waals surface area (Å²) in [6.45, 7) is 4.32. The zero-order valence-corrected chi connectivity index (χ0v) is 32.8. The first kappa shape index (κ1) is 35.4. The molecule has 4 nitrogen and oxygen atoms in total. The summed E-state index contributed by atoms with van der Waals surface area (Å²) in [5, 5.41) is 0. The smallest absolute Gasteiger partial charge is 0.119 e. The summed E-state index contributed by atoms with van der Waals surface area (Å²) in [5.74, 6) is 1.74. The van der Waals surface area contributed by atoms with Crippen LogP contribution < -0.4 is 19.3 Å². The Hall–Kier alpha value is -6.26. The lowest BCUT2D eigenvalue weighted by molar-refractivity contribution is 0.414. The number of aryl methyl sites for hydroxylation is 6. The van der Waals surface area contributed by atoms with Crippen molar-refractivity contribution in [3.8, 4) is 33.8 Å². The number of benzene rings is 7. The first-order chi connectivity index (χ1) is 27.4. The van der Waals surface area contributed by atoms with Crippen LogP contribution in [0.2, 0.25) is 0 Å². The van der Waals surface area contributed by atoms with E-state index in [1.165, 1.54) is 92.7 Å². The van der Waals surface area contributed by atoms with E-state index < -0.39 is 0 Å². The molecule has 0 N–H and O–H groups in total. The van der Waals surface area contributed by atoms with Crippen molar-refractivity contribution in [2.75, 3.05) is 24.0 Å². The highest BCUT2D eigenvalue weighted by Crippen LogP contribution is 2.42. The molecule has 278 valence electrons. The molecule has 0 saturated carbocycles. The van der Waals surface area contributed by atoms with Crippen LogP contribution >= 0.6 is 0 Å². The largest absolute Gasteiger partial charge is 0.497 e. The van der Waals surface area contributed by atoms with Crippen LogP contribution in [0.15, 0.2) is 146 Å². The molecule has 7 aromatic carbocycles. The van der Waals surface area contributed by atoms with Gasteiger partial charge in [-0.1, -0.05) is 60.7 Å². The maximum Gasteiger partial charge on any atom is 0.119 e. The number of nitrogens with zero attached hydrogens (tertiary/aromatic N) is 2. The summed E-state index contributed by atoms with van der Waals surface area (Å²) in [5.41, 5.74) is 20.0. The Balaban J connectivity index is 0.986. The molecule has 56 heavy (non-hydrogen) atoms. The molecule has 0 saturated heterocycles. The molecule has 0 aliphatic heterocycles. The lowest BCUT2D eigenvalue weighted by atomic mass is 9.99. The minimum Gasteiger partial charge on any atom is -0.497 e. The van der Waals surface area contributed by atoms with E-state index in [1.54, 1.807) is 14.2 Å². The molecule has 9 rings (SSSR count). The van der Waals surface area contributed by atoms with Crippen LogP contribution in [0.3, 0.4) is 0 Å². The zero-order valence-electron chi connectivity index (χ0n) is 32.8. The van der Waals surface area contributed by atoms with Crippen molar-refractivity contribution in [1.82, 2.24) is 0 Å². The lowest BCUT2D eigenvalue weighted by Gasteiger charge is -2.28. The van der Waals surface area contributed by atoms with Gasteiger partial charge < -0.3 is 19.3 Å². The molecule has 0 atom stereocenters. The fraction of sp³-hybridized carbons (Fsp3) is 0.192. The number of anilines is 6. The minimum atomic E-state index is 0.871. The molecule has 0 aromatic heterocycles. The Morgan fingerprint density at radius 3 is 1.05 bits per heavy atom. The number of hydrogen-bond acceptors (Lipinski definition) is 4. The Morgan fingerprint density at radius 2 is 0.696 bits per heavy atom. The molecular weight excluding hydrogens is 685 g/mol. The second kappa shape index (κ2) is 15.1. The molecule has 0 spiro atoms. The standard InChI is InChI=1S/C52H48N2O2/c1-35-31-49(55-3)27-29-51(35)53(47-25-19-37-7-5-9-43(37)33-47)45-21-15-41(16-22-45)39-11-13-40(14-12-39)42-17-23-46(24-18-42)54(52-30-28-50(56-4)32-36(52)2)48-26-20-38-8-6-10-44(38)34-48/h11-34H,5-10H2,1-4H3. The molecule has 0 heterocycles. The second-order valence-corrected chi connectivity index (χ2v) is 15.3. The molecule has 0 unspecified atom stereocenters. The fourth-order valence-corrected chi connectivity index (χ4v) is 8.72. The minimum absolute atomic E-state index is 0.871. The van der Waals surface area contributed by atoms with Gasteiger partial charge in [0.1, 0.15) is 11.5 Å². The molecule has 2 aliphatic carbocycles. The highest BCUT2D eigenvalue weighted by molar-refractivity contribution is 5.83. The van der Waals surface area contributed by atoms with Gasteiger partial charge in [0.2, 0.25) is 0 Å². The van der Waals surface area contributed by atoms with E-state index in [-0.39, 0.29) is 0 Å². The maximum absolute atomic E-state index is 5.55. The van der Waals surface area contributed by atoms with Crippen molar-refractivity contribution in [3.05, 3.63) is 179 Å². The summed E-state index contributed by atoms with van der Waals surface area (Å²) in [6, 6.07) is 53.5. The normalized spacial score (nSPS) is 12.9. The summed E-state index contributed by atoms with van der Waals surface area (Å²) in [6.07, 6.45) is 7.11. The van der Waals surface area contributed by atoms with Gasteiger partial charge in [-0.25, -0.2) is 0 Å². The third-order valence-electron chi connectivity index (χ3n) is 11.8. The van der Waals surface area contributed by atoms with Crippen LogP contribution in [0.4, 0.5) is 34.1 Å². The average Bonchev–Trinajstić information content (AvgIpc) is 3.92. The highest BCUT2D eigenvalue weighted by Gasteiger charge is 2.21. The number of ether oxygens (including phenoxy) is 2. The van der Waals surface area contributed by atoms with Gasteiger partial charge in [0, 0.05) is 34.1 Å². The average molecular weight is 733 g/mol. The molecule has 7 aromatic rings. The predicted molar refractivity (Wildman–Crippen MR) is 233 cm³/mol. The zero-order chi connectivity index (χ0) is 38.2. The van der Waals surface area contributed by atoms with Crippen LogP contribution in [0.1, 0.15) is 46.2 Å². The first-order valence-electron chi connectivity index (χ1n) is 19.9. The van der Waals surface area contributed by atoms with Crippen molar-refractivity contribution in [1.29, 1.82) is 0 Å². The van der Waals surface area contributed by atoms with Gasteiger partial charge in [-0.3, -0.25) is 0 Å². The van der Waals surface area contributed by atoms with Crippen LogP contribution in [0, 0.1) is 13.8 Å². The molecule has 2 aliphatic rings. The van der Waals surface area contributed by atoms with E-state index in [9.17, 15) is 0 Å². The second-order valence-electron chi connectivity index (χ2n) is 15.3. The SMILES string of the molecule is COc1ccc(N(c2ccc(-c3ccc(-c4ccc(N(c5ccc6c(c5)CCC6)c5ccc(OC)cc5C)cc4)cc3)cc2)c2ccc3c(c2)CCC3)c(C)c1. The van der Waals surface area contributed by atoms with Crippen LogP contribution in [-0.2, 0) is 25.7 Å². The van der Waals surface area contributed by atoms with E-state index in [0.29, 0.717) is 0 Å². The number of fused-ring (bicyclic) bond motifs is 2. The van der Waals surface area contributed by atoms with E-state index in [0.717, 1.165) is 47.1 Å². The Bertz CT molecular complexity index is 2340. The van der Waals surface area contributed by atoms with Crippen molar-refractivity contribution < 1.29 is 9.47 Å². The Morgan fingerprint density at radius 1 is 0.357 bits per heavy atom. The van der Waals surface area contributed by atoms with Crippen molar-refractivity contribution >= 4 is 34.1 Å². The van der Waals surface area contributed by atoms with Crippen molar-refractivity contribution in [3.63, 3.8) is 0 Å². The third-order valence-corrected chi connectivity index (χ3v) is 11.8. The van der Waals surface area contributed by atoms with Gasteiger partial charge in [0.25, 0.3) is 0 Å². The monoisotopic (exact) mass is 732 g/mol. The van der Waals surface area contributed by atoms with Crippen LogP contribution in [0.5, 0.6) is 11.5 Å². The van der Waals surface area contributed by atoms with Gasteiger partial charge in [-0.05, 0) is 193 Å². The summed E-state index contributed by atoms with van der Waals surface area (Å²) < 4.78 is 11.1. The quantitative estimate of drug-likeness (QED) is 0.140. The van der Waals surface area contributed by atoms with Gasteiger partial charge >= 0.3 is 0 Å². The van der Waals surface area contributed by atoms with E-state index in [1.807, 2.05) is 0 Å². The van der Waals surface area contributed by atoms with Gasteiger partial charge in [0.15, 0.2) is 0 Å². The lowest BCUT2D eigenvalue weighted by Crippen LogP contribution is -2.12.